The van der Waals surface area contributed by atoms with Gasteiger partial charge in [0.05, 0.1) is 12.8 Å². The van der Waals surface area contributed by atoms with Crippen molar-refractivity contribution >= 4 is 62.4 Å². The number of nitrogens with zero attached hydrogens (tertiary/aromatic N) is 2. The molecule has 6 nitrogen and oxygen atoms in total. The number of rotatable bonds is 7. The summed E-state index contributed by atoms with van der Waals surface area (Å²) >= 11 is 3.50. The number of hydrogen-bond acceptors (Lipinski definition) is 6. The smallest absolute Gasteiger partial charge is 0.360 e. The van der Waals surface area contributed by atoms with E-state index >= 15 is 0 Å². The van der Waals surface area contributed by atoms with E-state index < -0.39 is 5.97 Å². The van der Waals surface area contributed by atoms with Crippen molar-refractivity contribution in [1.29, 1.82) is 0 Å². The highest BCUT2D eigenvalue weighted by Gasteiger charge is 2.20. The SMILES string of the molecule is CO/N=C(/C(=O)OC)c1cccc(C)c1CO/N=C(\C)c1cc(Br)cc(P)c1P. The zero-order valence-electron chi connectivity index (χ0n) is 16.7. The van der Waals surface area contributed by atoms with E-state index in [1.165, 1.54) is 14.2 Å². The van der Waals surface area contributed by atoms with Crippen LogP contribution in [0.4, 0.5) is 0 Å². The lowest BCUT2D eigenvalue weighted by molar-refractivity contribution is -0.132. The normalized spacial score (nSPS) is 12.0. The number of methoxy groups -OCH3 is 1. The number of aryl methyl sites for hydroxylation is 1. The summed E-state index contributed by atoms with van der Waals surface area (Å²) in [5.41, 5.74) is 4.05. The molecule has 0 saturated heterocycles. The lowest BCUT2D eigenvalue weighted by Crippen LogP contribution is -2.20. The van der Waals surface area contributed by atoms with Crippen molar-refractivity contribution in [3.8, 4) is 0 Å². The van der Waals surface area contributed by atoms with E-state index in [2.05, 4.69) is 44.7 Å². The lowest BCUT2D eigenvalue weighted by Gasteiger charge is -2.13. The van der Waals surface area contributed by atoms with Crippen LogP contribution in [0.2, 0.25) is 0 Å². The standard InChI is InChI=1S/C20H23BrN2O4P2/c1-11-6-5-7-14(18(23-26-4)20(24)25-3)16(11)10-27-22-12(2)15-8-13(21)9-17(28)19(15)29/h5-9H,10,28-29H2,1-4H3/b22-12+,23-18+. The maximum absolute atomic E-state index is 12.1. The first kappa shape index (κ1) is 23.5. The summed E-state index contributed by atoms with van der Waals surface area (Å²) < 4.78 is 5.78. The Balaban J connectivity index is 2.33. The number of esters is 1. The second-order valence-electron chi connectivity index (χ2n) is 6.12. The van der Waals surface area contributed by atoms with Crippen molar-refractivity contribution in [2.24, 2.45) is 10.3 Å². The molecule has 0 amide bonds. The minimum Gasteiger partial charge on any atom is -0.464 e. The Bertz CT molecular complexity index is 977. The highest BCUT2D eigenvalue weighted by molar-refractivity contribution is 9.10. The first-order valence-corrected chi connectivity index (χ1v) is 10.5. The molecule has 0 heterocycles. The molecule has 29 heavy (non-hydrogen) atoms. The molecule has 0 aliphatic rings. The number of oxime groups is 2. The third kappa shape index (κ3) is 5.85. The van der Waals surface area contributed by atoms with Gasteiger partial charge in [-0.15, -0.1) is 18.5 Å². The molecule has 0 bridgehead atoms. The predicted octanol–water partition coefficient (Wildman–Crippen LogP) is 3.22. The summed E-state index contributed by atoms with van der Waals surface area (Å²) in [7, 11) is 8.09. The molecule has 0 saturated carbocycles. The third-order valence-electron chi connectivity index (χ3n) is 4.20. The molecular weight excluding hydrogens is 474 g/mol. The van der Waals surface area contributed by atoms with Gasteiger partial charge in [0.2, 0.25) is 0 Å². The summed E-state index contributed by atoms with van der Waals surface area (Å²) in [6, 6.07) is 9.52. The average Bonchev–Trinajstić information content (AvgIpc) is 2.69. The summed E-state index contributed by atoms with van der Waals surface area (Å²) in [5, 5.41) is 10.2. The first-order chi connectivity index (χ1) is 13.8. The van der Waals surface area contributed by atoms with Crippen LogP contribution in [0.5, 0.6) is 0 Å². The minimum atomic E-state index is -0.590. The zero-order valence-corrected chi connectivity index (χ0v) is 20.5. The molecule has 0 N–H and O–H groups in total. The van der Waals surface area contributed by atoms with Crippen molar-refractivity contribution < 1.29 is 19.2 Å². The van der Waals surface area contributed by atoms with E-state index in [1.54, 1.807) is 6.07 Å². The van der Waals surface area contributed by atoms with Crippen molar-refractivity contribution in [2.75, 3.05) is 14.2 Å². The Morgan fingerprint density at radius 3 is 2.52 bits per heavy atom. The van der Waals surface area contributed by atoms with Crippen molar-refractivity contribution in [1.82, 2.24) is 0 Å². The molecule has 2 rings (SSSR count). The van der Waals surface area contributed by atoms with Gasteiger partial charge in [0.15, 0.2) is 5.71 Å². The molecule has 0 aromatic heterocycles. The van der Waals surface area contributed by atoms with E-state index in [1.807, 2.05) is 38.1 Å². The fourth-order valence-corrected chi connectivity index (χ4v) is 4.11. The monoisotopic (exact) mass is 496 g/mol. The van der Waals surface area contributed by atoms with Gasteiger partial charge in [0, 0.05) is 21.2 Å². The van der Waals surface area contributed by atoms with Crippen LogP contribution in [0.15, 0.2) is 45.1 Å². The molecule has 2 aromatic rings. The van der Waals surface area contributed by atoms with Gasteiger partial charge >= 0.3 is 5.97 Å². The molecular formula is C20H23BrN2O4P2. The van der Waals surface area contributed by atoms with Gasteiger partial charge in [0.1, 0.15) is 13.7 Å². The number of benzene rings is 2. The highest BCUT2D eigenvalue weighted by Crippen LogP contribution is 2.19. The maximum Gasteiger partial charge on any atom is 0.360 e. The fraction of sp³-hybridized carbons (Fsp3) is 0.250. The van der Waals surface area contributed by atoms with Crippen LogP contribution in [0.25, 0.3) is 0 Å². The molecule has 2 aromatic carbocycles. The van der Waals surface area contributed by atoms with Crippen molar-refractivity contribution in [3.05, 3.63) is 57.1 Å². The predicted molar refractivity (Wildman–Crippen MR) is 127 cm³/mol. The Labute approximate surface area is 183 Å². The van der Waals surface area contributed by atoms with E-state index in [9.17, 15) is 4.79 Å². The summed E-state index contributed by atoms with van der Waals surface area (Å²) in [6.07, 6.45) is 0. The summed E-state index contributed by atoms with van der Waals surface area (Å²) in [5.74, 6) is -0.590. The molecule has 2 unspecified atom stereocenters. The van der Waals surface area contributed by atoms with Crippen LogP contribution in [-0.4, -0.2) is 31.6 Å². The average molecular weight is 497 g/mol. The van der Waals surface area contributed by atoms with Crippen molar-refractivity contribution in [2.45, 2.75) is 20.5 Å². The number of hydrogen-bond donors (Lipinski definition) is 0. The highest BCUT2D eigenvalue weighted by atomic mass is 79.9. The molecule has 0 aliphatic carbocycles. The zero-order chi connectivity index (χ0) is 21.6. The molecule has 0 aliphatic heterocycles. The number of carbonyl (C=O) groups is 1. The van der Waals surface area contributed by atoms with Crippen LogP contribution in [0, 0.1) is 6.92 Å². The van der Waals surface area contributed by atoms with E-state index in [0.717, 1.165) is 37.5 Å². The van der Waals surface area contributed by atoms with Gasteiger partial charge in [-0.1, -0.05) is 44.4 Å². The lowest BCUT2D eigenvalue weighted by atomic mass is 9.99. The van der Waals surface area contributed by atoms with Crippen LogP contribution < -0.4 is 10.6 Å². The summed E-state index contributed by atoms with van der Waals surface area (Å²) in [6.45, 7) is 3.97. The van der Waals surface area contributed by atoms with Gasteiger partial charge in [0.25, 0.3) is 0 Å². The quantitative estimate of drug-likeness (QED) is 0.255. The molecule has 0 radical (unpaired) electrons. The van der Waals surface area contributed by atoms with Gasteiger partial charge in [-0.3, -0.25) is 0 Å². The fourth-order valence-electron chi connectivity index (χ4n) is 2.68. The summed E-state index contributed by atoms with van der Waals surface area (Å²) in [4.78, 5) is 22.6. The van der Waals surface area contributed by atoms with Crippen molar-refractivity contribution in [3.63, 3.8) is 0 Å². The molecule has 0 spiro atoms. The number of carbonyl (C=O) groups excluding carboxylic acids is 1. The van der Waals surface area contributed by atoms with Crippen LogP contribution in [-0.2, 0) is 25.8 Å². The second-order valence-corrected chi connectivity index (χ2v) is 8.24. The van der Waals surface area contributed by atoms with E-state index in [-0.39, 0.29) is 12.3 Å². The van der Waals surface area contributed by atoms with Crippen LogP contribution in [0.3, 0.4) is 0 Å². The Morgan fingerprint density at radius 1 is 1.14 bits per heavy atom. The Kier molecular flexibility index (Phi) is 8.76. The van der Waals surface area contributed by atoms with Gasteiger partial charge in [-0.2, -0.15) is 0 Å². The van der Waals surface area contributed by atoms with Crippen LogP contribution in [0.1, 0.15) is 29.2 Å². The molecule has 154 valence electrons. The number of ether oxygens (including phenoxy) is 1. The second kappa shape index (κ2) is 10.8. The van der Waals surface area contributed by atoms with Gasteiger partial charge in [-0.05, 0) is 42.2 Å². The minimum absolute atomic E-state index is 0.0740. The van der Waals surface area contributed by atoms with E-state index in [4.69, 9.17) is 14.4 Å². The third-order valence-corrected chi connectivity index (χ3v) is 6.12. The van der Waals surface area contributed by atoms with Gasteiger partial charge in [-0.25, -0.2) is 4.79 Å². The Hall–Kier alpha value is -1.81. The molecule has 2 atom stereocenters. The van der Waals surface area contributed by atoms with E-state index in [0.29, 0.717) is 5.56 Å². The number of halogens is 1. The first-order valence-electron chi connectivity index (χ1n) is 8.59. The molecule has 9 heteroatoms. The maximum atomic E-state index is 12.1. The molecule has 0 fully saturated rings. The Morgan fingerprint density at radius 2 is 1.86 bits per heavy atom. The largest absolute Gasteiger partial charge is 0.464 e. The topological polar surface area (TPSA) is 69.5 Å². The van der Waals surface area contributed by atoms with Gasteiger partial charge < -0.3 is 14.4 Å². The van der Waals surface area contributed by atoms with Crippen LogP contribution >= 0.6 is 34.4 Å².